The van der Waals surface area contributed by atoms with Gasteiger partial charge in [-0.1, -0.05) is 23.7 Å². The van der Waals surface area contributed by atoms with Crippen LogP contribution in [0.25, 0.3) is 0 Å². The van der Waals surface area contributed by atoms with Gasteiger partial charge < -0.3 is 10.2 Å². The van der Waals surface area contributed by atoms with Crippen LogP contribution in [0.3, 0.4) is 0 Å². The molecule has 2 heterocycles. The lowest BCUT2D eigenvalue weighted by atomic mass is 10.1. The van der Waals surface area contributed by atoms with Gasteiger partial charge in [0.1, 0.15) is 0 Å². The highest BCUT2D eigenvalue weighted by atomic mass is 35.5. The van der Waals surface area contributed by atoms with Gasteiger partial charge in [-0.25, -0.2) is 0 Å². The summed E-state index contributed by atoms with van der Waals surface area (Å²) in [6.45, 7) is 7.91. The number of carbonyl (C=O) groups is 1. The van der Waals surface area contributed by atoms with Gasteiger partial charge in [0.15, 0.2) is 0 Å². The average molecular weight is 401 g/mol. The van der Waals surface area contributed by atoms with Crippen molar-refractivity contribution in [3.63, 3.8) is 0 Å². The number of aromatic nitrogens is 1. The van der Waals surface area contributed by atoms with Gasteiger partial charge in [-0.2, -0.15) is 0 Å². The fourth-order valence-electron chi connectivity index (χ4n) is 3.86. The van der Waals surface area contributed by atoms with Crippen LogP contribution in [0.2, 0.25) is 5.02 Å². The van der Waals surface area contributed by atoms with Crippen molar-refractivity contribution in [2.24, 2.45) is 0 Å². The molecular weight excluding hydrogens is 372 g/mol. The maximum Gasteiger partial charge on any atom is 0.239 e. The highest BCUT2D eigenvalue weighted by molar-refractivity contribution is 6.30. The highest BCUT2D eigenvalue weighted by Gasteiger charge is 2.38. The minimum atomic E-state index is -0.103. The zero-order valence-corrected chi connectivity index (χ0v) is 17.4. The Morgan fingerprint density at radius 2 is 1.96 bits per heavy atom. The summed E-state index contributed by atoms with van der Waals surface area (Å²) in [4.78, 5) is 21.4. The minimum absolute atomic E-state index is 0.103. The van der Waals surface area contributed by atoms with Crippen LogP contribution in [-0.2, 0) is 17.9 Å². The summed E-state index contributed by atoms with van der Waals surface area (Å²) < 4.78 is 0. The predicted molar refractivity (Wildman–Crippen MR) is 113 cm³/mol. The molecule has 1 aromatic heterocycles. The summed E-state index contributed by atoms with van der Waals surface area (Å²) in [6, 6.07) is 12.1. The van der Waals surface area contributed by atoms with Crippen LogP contribution in [0.5, 0.6) is 0 Å². The Morgan fingerprint density at radius 1 is 1.21 bits per heavy atom. The van der Waals surface area contributed by atoms with Crippen LogP contribution in [0.15, 0.2) is 48.8 Å². The molecule has 1 fully saturated rings. The van der Waals surface area contributed by atoms with E-state index in [4.69, 9.17) is 11.6 Å². The Bertz CT molecular complexity index is 766. The topological polar surface area (TPSA) is 48.5 Å². The van der Waals surface area contributed by atoms with Gasteiger partial charge in [-0.05, 0) is 55.7 Å². The molecule has 5 nitrogen and oxygen atoms in total. The SMILES string of the molecule is CCN(CC)C(=O)[C@@H]1C[C@@H](NCc2ccncc2)CN1Cc1cccc(Cl)c1. The Kier molecular flexibility index (Phi) is 7.43. The molecule has 0 bridgehead atoms. The first-order chi connectivity index (χ1) is 13.6. The number of pyridine rings is 1. The quantitative estimate of drug-likeness (QED) is 0.738. The van der Waals surface area contributed by atoms with E-state index in [-0.39, 0.29) is 18.0 Å². The first-order valence-electron chi connectivity index (χ1n) is 10.00. The van der Waals surface area contributed by atoms with E-state index in [9.17, 15) is 4.79 Å². The number of nitrogens with zero attached hydrogens (tertiary/aromatic N) is 3. The molecule has 1 saturated heterocycles. The largest absolute Gasteiger partial charge is 0.342 e. The number of hydrogen-bond acceptors (Lipinski definition) is 4. The fourth-order valence-corrected chi connectivity index (χ4v) is 4.07. The predicted octanol–water partition coefficient (Wildman–Crippen LogP) is 3.34. The third-order valence-electron chi connectivity index (χ3n) is 5.38. The average Bonchev–Trinajstić information content (AvgIpc) is 3.10. The van der Waals surface area contributed by atoms with E-state index < -0.39 is 0 Å². The van der Waals surface area contributed by atoms with E-state index in [2.05, 4.69) is 21.3 Å². The molecule has 28 heavy (non-hydrogen) atoms. The highest BCUT2D eigenvalue weighted by Crippen LogP contribution is 2.24. The molecule has 3 rings (SSSR count). The number of amides is 1. The molecule has 1 aromatic carbocycles. The molecule has 150 valence electrons. The molecule has 1 aliphatic heterocycles. The van der Waals surface area contributed by atoms with Gasteiger partial charge in [-0.3, -0.25) is 14.7 Å². The van der Waals surface area contributed by atoms with Gasteiger partial charge in [0.2, 0.25) is 5.91 Å². The van der Waals surface area contributed by atoms with Crippen molar-refractivity contribution in [2.75, 3.05) is 19.6 Å². The number of benzene rings is 1. The summed E-state index contributed by atoms with van der Waals surface area (Å²) in [6.07, 6.45) is 4.44. The molecule has 2 atom stereocenters. The van der Waals surface area contributed by atoms with Gasteiger partial charge >= 0.3 is 0 Å². The molecule has 1 aliphatic rings. The van der Waals surface area contributed by atoms with E-state index in [1.807, 2.05) is 61.5 Å². The van der Waals surface area contributed by atoms with E-state index in [0.29, 0.717) is 0 Å². The summed E-state index contributed by atoms with van der Waals surface area (Å²) in [7, 11) is 0. The fraction of sp³-hybridized carbons (Fsp3) is 0.455. The molecule has 0 saturated carbocycles. The maximum absolute atomic E-state index is 13.1. The van der Waals surface area contributed by atoms with Gasteiger partial charge in [-0.15, -0.1) is 0 Å². The van der Waals surface area contributed by atoms with Gasteiger partial charge in [0.25, 0.3) is 0 Å². The molecule has 0 spiro atoms. The van der Waals surface area contributed by atoms with Crippen molar-refractivity contribution in [3.8, 4) is 0 Å². The molecule has 0 radical (unpaired) electrons. The van der Waals surface area contributed by atoms with Gasteiger partial charge in [0, 0.05) is 56.2 Å². The van der Waals surface area contributed by atoms with Crippen LogP contribution in [0.1, 0.15) is 31.4 Å². The number of hydrogen-bond donors (Lipinski definition) is 1. The van der Waals surface area contributed by atoms with E-state index in [0.717, 1.165) is 49.7 Å². The van der Waals surface area contributed by atoms with E-state index in [1.165, 1.54) is 5.56 Å². The smallest absolute Gasteiger partial charge is 0.239 e. The van der Waals surface area contributed by atoms with Crippen LogP contribution < -0.4 is 5.32 Å². The number of nitrogens with one attached hydrogen (secondary N) is 1. The zero-order chi connectivity index (χ0) is 19.9. The van der Waals surface area contributed by atoms with Gasteiger partial charge in [0.05, 0.1) is 6.04 Å². The molecule has 0 unspecified atom stereocenters. The van der Waals surface area contributed by atoms with Crippen molar-refractivity contribution in [3.05, 3.63) is 64.9 Å². The Morgan fingerprint density at radius 3 is 2.64 bits per heavy atom. The lowest BCUT2D eigenvalue weighted by molar-refractivity contribution is -0.135. The lowest BCUT2D eigenvalue weighted by Crippen LogP contribution is -2.45. The van der Waals surface area contributed by atoms with Crippen LogP contribution in [0.4, 0.5) is 0 Å². The summed E-state index contributed by atoms with van der Waals surface area (Å²) in [5.41, 5.74) is 2.34. The summed E-state index contributed by atoms with van der Waals surface area (Å²) in [5.74, 6) is 0.222. The first kappa shape index (κ1) is 20.8. The number of likely N-dealkylation sites (N-methyl/N-ethyl adjacent to an activating group) is 1. The maximum atomic E-state index is 13.1. The third-order valence-corrected chi connectivity index (χ3v) is 5.62. The van der Waals surface area contributed by atoms with Crippen LogP contribution >= 0.6 is 11.6 Å². The number of carbonyl (C=O) groups excluding carboxylic acids is 1. The Balaban J connectivity index is 1.70. The van der Waals surface area contributed by atoms with Crippen molar-refractivity contribution in [2.45, 2.75) is 45.4 Å². The third kappa shape index (κ3) is 5.31. The number of halogens is 1. The number of likely N-dealkylation sites (tertiary alicyclic amines) is 1. The van der Waals surface area contributed by atoms with Crippen molar-refractivity contribution in [1.29, 1.82) is 0 Å². The molecule has 1 amide bonds. The van der Waals surface area contributed by atoms with E-state index in [1.54, 1.807) is 0 Å². The normalized spacial score (nSPS) is 19.7. The second kappa shape index (κ2) is 10.0. The Labute approximate surface area is 172 Å². The van der Waals surface area contributed by atoms with Crippen LogP contribution in [0, 0.1) is 0 Å². The molecular formula is C22H29ClN4O. The number of rotatable bonds is 8. The van der Waals surface area contributed by atoms with Crippen molar-refractivity contribution in [1.82, 2.24) is 20.1 Å². The summed E-state index contributed by atoms with van der Waals surface area (Å²) >= 11 is 6.16. The first-order valence-corrected chi connectivity index (χ1v) is 10.4. The van der Waals surface area contributed by atoms with E-state index >= 15 is 0 Å². The monoisotopic (exact) mass is 400 g/mol. The second-order valence-corrected chi connectivity index (χ2v) is 7.69. The molecule has 2 aromatic rings. The zero-order valence-electron chi connectivity index (χ0n) is 16.6. The van der Waals surface area contributed by atoms with Crippen molar-refractivity contribution >= 4 is 17.5 Å². The molecule has 1 N–H and O–H groups in total. The van der Waals surface area contributed by atoms with Crippen LogP contribution in [-0.4, -0.2) is 52.4 Å². The Hall–Kier alpha value is -1.95. The minimum Gasteiger partial charge on any atom is -0.342 e. The lowest BCUT2D eigenvalue weighted by Gasteiger charge is -2.28. The molecule has 6 heteroatoms. The second-order valence-electron chi connectivity index (χ2n) is 7.25. The van der Waals surface area contributed by atoms with Crippen molar-refractivity contribution < 1.29 is 4.79 Å². The standard InChI is InChI=1S/C22H29ClN4O/c1-3-26(4-2)22(28)21-13-20(25-14-17-8-10-24-11-9-17)16-27(21)15-18-6-5-7-19(23)12-18/h5-12,20-21,25H,3-4,13-16H2,1-2H3/t20-,21+/m1/s1. The summed E-state index contributed by atoms with van der Waals surface area (Å²) in [5, 5.41) is 4.35. The molecule has 0 aliphatic carbocycles.